The van der Waals surface area contributed by atoms with Crippen LogP contribution in [0.5, 0.6) is 0 Å². The number of amides is 1. The van der Waals surface area contributed by atoms with Crippen molar-refractivity contribution in [3.05, 3.63) is 74.8 Å². The topological polar surface area (TPSA) is 72.2 Å². The number of hydrogen-bond donors (Lipinski definition) is 1. The SMILES string of the molecule is C[C@@H](NC(=O)CS[C@H](C)c1cccc([N+](=O)[O-])c1)c1ccccc1Cl. The van der Waals surface area contributed by atoms with Crippen molar-refractivity contribution in [2.75, 3.05) is 5.75 Å². The number of benzene rings is 2. The lowest BCUT2D eigenvalue weighted by molar-refractivity contribution is -0.384. The van der Waals surface area contributed by atoms with Crippen LogP contribution in [0.4, 0.5) is 5.69 Å². The van der Waals surface area contributed by atoms with Gasteiger partial charge in [-0.3, -0.25) is 14.9 Å². The first-order valence-corrected chi connectivity index (χ1v) is 9.21. The van der Waals surface area contributed by atoms with Crippen LogP contribution in [0.1, 0.15) is 36.3 Å². The molecule has 0 heterocycles. The van der Waals surface area contributed by atoms with Gasteiger partial charge in [-0.2, -0.15) is 0 Å². The molecule has 1 amide bonds. The number of carbonyl (C=O) groups is 1. The number of nitro groups is 1. The smallest absolute Gasteiger partial charge is 0.269 e. The molecule has 2 aromatic rings. The van der Waals surface area contributed by atoms with Crippen molar-refractivity contribution in [2.24, 2.45) is 0 Å². The molecule has 0 unspecified atom stereocenters. The first-order valence-electron chi connectivity index (χ1n) is 7.78. The standard InChI is InChI=1S/C18H19ClN2O3S/c1-12(16-8-3-4-9-17(16)19)20-18(22)11-25-13(2)14-6-5-7-15(10-14)21(23)24/h3-10,12-13H,11H2,1-2H3,(H,20,22)/t12-,13-/m1/s1. The van der Waals surface area contributed by atoms with Gasteiger partial charge in [0.25, 0.3) is 5.69 Å². The molecule has 2 aromatic carbocycles. The zero-order valence-corrected chi connectivity index (χ0v) is 15.5. The van der Waals surface area contributed by atoms with Crippen molar-refractivity contribution >= 4 is 35.0 Å². The zero-order valence-electron chi connectivity index (χ0n) is 13.9. The third-order valence-electron chi connectivity index (χ3n) is 3.76. The van der Waals surface area contributed by atoms with Gasteiger partial charge in [0.05, 0.1) is 16.7 Å². The Bertz CT molecular complexity index is 769. The van der Waals surface area contributed by atoms with E-state index in [0.29, 0.717) is 5.02 Å². The van der Waals surface area contributed by atoms with E-state index in [1.54, 1.807) is 18.2 Å². The normalized spacial score (nSPS) is 13.1. The van der Waals surface area contributed by atoms with Crippen molar-refractivity contribution in [1.29, 1.82) is 0 Å². The van der Waals surface area contributed by atoms with Crippen LogP contribution in [-0.2, 0) is 4.79 Å². The molecule has 0 spiro atoms. The van der Waals surface area contributed by atoms with Crippen LogP contribution in [0.15, 0.2) is 48.5 Å². The molecule has 0 aromatic heterocycles. The van der Waals surface area contributed by atoms with E-state index in [1.165, 1.54) is 17.8 Å². The van der Waals surface area contributed by atoms with E-state index in [2.05, 4.69) is 5.32 Å². The number of thioether (sulfide) groups is 1. The van der Waals surface area contributed by atoms with E-state index in [9.17, 15) is 14.9 Å². The maximum Gasteiger partial charge on any atom is 0.269 e. The number of nitro benzene ring substituents is 1. The number of nitrogens with one attached hydrogen (secondary N) is 1. The van der Waals surface area contributed by atoms with Crippen LogP contribution in [0.25, 0.3) is 0 Å². The summed E-state index contributed by atoms with van der Waals surface area (Å²) < 4.78 is 0. The molecule has 7 heteroatoms. The summed E-state index contributed by atoms with van der Waals surface area (Å²) >= 11 is 7.57. The van der Waals surface area contributed by atoms with Gasteiger partial charge in [0.15, 0.2) is 0 Å². The fourth-order valence-corrected chi connectivity index (χ4v) is 3.50. The Kier molecular flexibility index (Phi) is 6.84. The highest BCUT2D eigenvalue weighted by molar-refractivity contribution is 8.00. The van der Waals surface area contributed by atoms with Gasteiger partial charge < -0.3 is 5.32 Å². The number of rotatable bonds is 7. The van der Waals surface area contributed by atoms with Gasteiger partial charge in [-0.15, -0.1) is 11.8 Å². The quantitative estimate of drug-likeness (QED) is 0.548. The van der Waals surface area contributed by atoms with E-state index in [0.717, 1.165) is 11.1 Å². The van der Waals surface area contributed by atoms with Crippen LogP contribution < -0.4 is 5.32 Å². The summed E-state index contributed by atoms with van der Waals surface area (Å²) in [6, 6.07) is 13.7. The second-order valence-corrected chi connectivity index (χ2v) is 7.35. The molecule has 2 atom stereocenters. The van der Waals surface area contributed by atoms with E-state index in [1.807, 2.05) is 38.1 Å². The Balaban J connectivity index is 1.90. The van der Waals surface area contributed by atoms with Gasteiger partial charge in [0.2, 0.25) is 5.91 Å². The van der Waals surface area contributed by atoms with Gasteiger partial charge in [-0.05, 0) is 31.0 Å². The number of non-ortho nitro benzene ring substituents is 1. The predicted octanol–water partition coefficient (Wildman–Crippen LogP) is 4.92. The molecule has 132 valence electrons. The molecule has 1 N–H and O–H groups in total. The third-order valence-corrected chi connectivity index (χ3v) is 5.31. The minimum absolute atomic E-state index is 0.0266. The van der Waals surface area contributed by atoms with E-state index in [4.69, 9.17) is 11.6 Å². The highest BCUT2D eigenvalue weighted by atomic mass is 35.5. The first-order chi connectivity index (χ1) is 11.9. The van der Waals surface area contributed by atoms with Gasteiger partial charge in [0.1, 0.15) is 0 Å². The highest BCUT2D eigenvalue weighted by Gasteiger charge is 2.15. The first kappa shape index (κ1) is 19.3. The summed E-state index contributed by atoms with van der Waals surface area (Å²) in [5.74, 6) is 0.160. The number of hydrogen-bond acceptors (Lipinski definition) is 4. The van der Waals surface area contributed by atoms with Crippen molar-refractivity contribution in [3.8, 4) is 0 Å². The summed E-state index contributed by atoms with van der Waals surface area (Å²) in [5.41, 5.74) is 1.75. The molecule has 25 heavy (non-hydrogen) atoms. The van der Waals surface area contributed by atoms with Crippen molar-refractivity contribution in [1.82, 2.24) is 5.32 Å². The van der Waals surface area contributed by atoms with Crippen LogP contribution in [0.3, 0.4) is 0 Å². The Morgan fingerprint density at radius 2 is 1.96 bits per heavy atom. The van der Waals surface area contributed by atoms with Crippen molar-refractivity contribution in [2.45, 2.75) is 25.1 Å². The average molecular weight is 379 g/mol. The molecule has 0 aliphatic rings. The van der Waals surface area contributed by atoms with E-state index in [-0.39, 0.29) is 28.6 Å². The maximum atomic E-state index is 12.2. The summed E-state index contributed by atoms with van der Waals surface area (Å²) in [6.07, 6.45) is 0. The van der Waals surface area contributed by atoms with Crippen molar-refractivity contribution in [3.63, 3.8) is 0 Å². The summed E-state index contributed by atoms with van der Waals surface area (Å²) in [6.45, 7) is 3.81. The van der Waals surface area contributed by atoms with Gasteiger partial charge in [-0.25, -0.2) is 0 Å². The molecular formula is C18H19ClN2O3S. The van der Waals surface area contributed by atoms with Gasteiger partial charge in [-0.1, -0.05) is 41.9 Å². The lowest BCUT2D eigenvalue weighted by Gasteiger charge is -2.17. The molecular weight excluding hydrogens is 360 g/mol. The molecule has 0 aliphatic heterocycles. The highest BCUT2D eigenvalue weighted by Crippen LogP contribution is 2.30. The molecule has 2 rings (SSSR count). The van der Waals surface area contributed by atoms with Crippen LogP contribution >= 0.6 is 23.4 Å². The Hall–Kier alpha value is -2.05. The maximum absolute atomic E-state index is 12.2. The summed E-state index contributed by atoms with van der Waals surface area (Å²) in [7, 11) is 0. The van der Waals surface area contributed by atoms with Crippen LogP contribution in [0, 0.1) is 10.1 Å². The second kappa shape index (κ2) is 8.87. The predicted molar refractivity (Wildman–Crippen MR) is 102 cm³/mol. The minimum atomic E-state index is -0.418. The van der Waals surface area contributed by atoms with Crippen molar-refractivity contribution < 1.29 is 9.72 Å². The third kappa shape index (κ3) is 5.47. The largest absolute Gasteiger partial charge is 0.349 e. The molecule has 5 nitrogen and oxygen atoms in total. The lowest BCUT2D eigenvalue weighted by atomic mass is 10.1. The number of halogens is 1. The molecule has 0 saturated carbocycles. The van der Waals surface area contributed by atoms with E-state index < -0.39 is 4.92 Å². The lowest BCUT2D eigenvalue weighted by Crippen LogP contribution is -2.28. The Labute approximate surface area is 155 Å². The average Bonchev–Trinajstić information content (AvgIpc) is 2.60. The number of carbonyl (C=O) groups excluding carboxylic acids is 1. The zero-order chi connectivity index (χ0) is 18.4. The number of nitrogens with zero attached hydrogens (tertiary/aromatic N) is 1. The fourth-order valence-electron chi connectivity index (χ4n) is 2.38. The second-order valence-electron chi connectivity index (χ2n) is 5.62. The summed E-state index contributed by atoms with van der Waals surface area (Å²) in [4.78, 5) is 22.6. The van der Waals surface area contributed by atoms with E-state index >= 15 is 0 Å². The molecule has 0 aliphatic carbocycles. The Morgan fingerprint density at radius 3 is 2.64 bits per heavy atom. The van der Waals surface area contributed by atoms with Crippen LogP contribution in [-0.4, -0.2) is 16.6 Å². The summed E-state index contributed by atoms with van der Waals surface area (Å²) in [5, 5.41) is 14.4. The monoisotopic (exact) mass is 378 g/mol. The van der Waals surface area contributed by atoms with Gasteiger partial charge >= 0.3 is 0 Å². The fraction of sp³-hybridized carbons (Fsp3) is 0.278. The minimum Gasteiger partial charge on any atom is -0.349 e. The van der Waals surface area contributed by atoms with Gasteiger partial charge in [0, 0.05) is 22.4 Å². The van der Waals surface area contributed by atoms with Crippen LogP contribution in [0.2, 0.25) is 5.02 Å². The molecule has 0 fully saturated rings. The molecule has 0 bridgehead atoms. The molecule has 0 saturated heterocycles. The Morgan fingerprint density at radius 1 is 1.24 bits per heavy atom. The molecule has 0 radical (unpaired) electrons.